The van der Waals surface area contributed by atoms with Gasteiger partial charge in [-0.2, -0.15) is 0 Å². The van der Waals surface area contributed by atoms with Gasteiger partial charge in [-0.05, 0) is 24.6 Å². The fraction of sp³-hybridized carbons (Fsp3) is 0.462. The van der Waals surface area contributed by atoms with Crippen LogP contribution in [0.3, 0.4) is 0 Å². The van der Waals surface area contributed by atoms with Gasteiger partial charge in [-0.25, -0.2) is 0 Å². The third kappa shape index (κ3) is 2.79. The number of hydrogen-bond donors (Lipinski definition) is 1. The molecule has 0 saturated carbocycles. The molecule has 1 aromatic rings. The molecule has 1 heterocycles. The molecule has 18 heavy (non-hydrogen) atoms. The van der Waals surface area contributed by atoms with Crippen molar-refractivity contribution in [3.63, 3.8) is 0 Å². The Bertz CT molecular complexity index is 419. The molecule has 4 nitrogen and oxygen atoms in total. The summed E-state index contributed by atoms with van der Waals surface area (Å²) in [4.78, 5) is 13.5. The van der Waals surface area contributed by atoms with E-state index in [9.17, 15) is 9.90 Å². The predicted octanol–water partition coefficient (Wildman–Crippen LogP) is 1.65. The van der Waals surface area contributed by atoms with Crippen molar-refractivity contribution >= 4 is 17.7 Å². The van der Waals surface area contributed by atoms with Gasteiger partial charge in [0.2, 0.25) is 5.91 Å². The Hall–Kier alpha value is -1.20. The van der Waals surface area contributed by atoms with Crippen molar-refractivity contribution in [3.05, 3.63) is 29.8 Å². The zero-order valence-electron chi connectivity index (χ0n) is 10.5. The van der Waals surface area contributed by atoms with Crippen molar-refractivity contribution in [1.82, 2.24) is 4.90 Å². The van der Waals surface area contributed by atoms with E-state index in [1.165, 1.54) is 0 Å². The van der Waals surface area contributed by atoms with E-state index < -0.39 is 6.10 Å². The van der Waals surface area contributed by atoms with Gasteiger partial charge in [-0.3, -0.25) is 4.79 Å². The van der Waals surface area contributed by atoms with Gasteiger partial charge in [0.25, 0.3) is 0 Å². The Morgan fingerprint density at radius 3 is 2.72 bits per heavy atom. The number of aliphatic hydroxyl groups is 1. The molecule has 1 aliphatic heterocycles. The van der Waals surface area contributed by atoms with E-state index in [4.69, 9.17) is 4.74 Å². The standard InChI is InChI=1S/C13H17NO3S/c1-9(15)7-14-12(16)8-18-13(14)10-3-5-11(17-2)6-4-10/h3-6,9,13,15H,7-8H2,1-2H3/t9-,13+/m0/s1. The number of nitrogens with zero attached hydrogens (tertiary/aromatic N) is 1. The minimum absolute atomic E-state index is 0.00185. The van der Waals surface area contributed by atoms with Gasteiger partial charge in [-0.15, -0.1) is 11.8 Å². The third-order valence-corrected chi connectivity index (χ3v) is 4.09. The lowest BCUT2D eigenvalue weighted by Gasteiger charge is -2.25. The number of carbonyl (C=O) groups is 1. The minimum Gasteiger partial charge on any atom is -0.497 e. The van der Waals surface area contributed by atoms with E-state index in [0.29, 0.717) is 12.3 Å². The zero-order chi connectivity index (χ0) is 13.1. The molecule has 0 unspecified atom stereocenters. The van der Waals surface area contributed by atoms with Gasteiger partial charge in [0.05, 0.1) is 19.0 Å². The van der Waals surface area contributed by atoms with Crippen LogP contribution in [0.15, 0.2) is 24.3 Å². The molecule has 2 rings (SSSR count). The predicted molar refractivity (Wildman–Crippen MR) is 71.6 cm³/mol. The molecule has 1 amide bonds. The monoisotopic (exact) mass is 267 g/mol. The van der Waals surface area contributed by atoms with Crippen molar-refractivity contribution in [3.8, 4) is 5.75 Å². The lowest BCUT2D eigenvalue weighted by molar-refractivity contribution is -0.129. The quantitative estimate of drug-likeness (QED) is 0.901. The van der Waals surface area contributed by atoms with Crippen molar-refractivity contribution in [1.29, 1.82) is 0 Å². The molecule has 0 spiro atoms. The van der Waals surface area contributed by atoms with Crippen molar-refractivity contribution in [2.75, 3.05) is 19.4 Å². The average Bonchev–Trinajstić information content (AvgIpc) is 2.71. The molecule has 0 aromatic heterocycles. The summed E-state index contributed by atoms with van der Waals surface area (Å²) in [6.45, 7) is 2.07. The Balaban J connectivity index is 2.17. The SMILES string of the molecule is COc1ccc([C@H]2SCC(=O)N2C[C@H](C)O)cc1. The Morgan fingerprint density at radius 1 is 1.50 bits per heavy atom. The highest BCUT2D eigenvalue weighted by Gasteiger charge is 2.33. The van der Waals surface area contributed by atoms with Crippen LogP contribution >= 0.6 is 11.8 Å². The first-order valence-electron chi connectivity index (χ1n) is 5.85. The summed E-state index contributed by atoms with van der Waals surface area (Å²) in [5.74, 6) is 1.36. The summed E-state index contributed by atoms with van der Waals surface area (Å²) in [6.07, 6.45) is -0.506. The normalized spacial score (nSPS) is 21.2. The van der Waals surface area contributed by atoms with Gasteiger partial charge in [-0.1, -0.05) is 12.1 Å². The molecule has 1 N–H and O–H groups in total. The highest BCUT2D eigenvalue weighted by Crippen LogP contribution is 2.38. The number of methoxy groups -OCH3 is 1. The molecule has 0 aliphatic carbocycles. The van der Waals surface area contributed by atoms with Crippen molar-refractivity contribution < 1.29 is 14.6 Å². The average molecular weight is 267 g/mol. The van der Waals surface area contributed by atoms with Gasteiger partial charge in [0, 0.05) is 6.54 Å². The Labute approximate surface area is 111 Å². The summed E-state index contributed by atoms with van der Waals surface area (Å²) >= 11 is 1.59. The van der Waals surface area contributed by atoms with E-state index in [1.54, 1.807) is 30.7 Å². The Morgan fingerprint density at radius 2 is 2.17 bits per heavy atom. The van der Waals surface area contributed by atoms with Crippen LogP contribution in [-0.4, -0.2) is 41.4 Å². The van der Waals surface area contributed by atoms with E-state index in [0.717, 1.165) is 11.3 Å². The maximum Gasteiger partial charge on any atom is 0.233 e. The first kappa shape index (κ1) is 13.2. The van der Waals surface area contributed by atoms with Gasteiger partial charge >= 0.3 is 0 Å². The summed E-state index contributed by atoms with van der Waals surface area (Å²) < 4.78 is 5.12. The second-order valence-corrected chi connectivity index (χ2v) is 5.40. The fourth-order valence-electron chi connectivity index (χ4n) is 1.98. The molecule has 1 saturated heterocycles. The molecule has 1 fully saturated rings. The van der Waals surface area contributed by atoms with Gasteiger partial charge < -0.3 is 14.7 Å². The van der Waals surface area contributed by atoms with Crippen LogP contribution in [0.2, 0.25) is 0 Å². The number of thioether (sulfide) groups is 1. The number of ether oxygens (including phenoxy) is 1. The van der Waals surface area contributed by atoms with Crippen LogP contribution in [0.25, 0.3) is 0 Å². The summed E-state index contributed by atoms with van der Waals surface area (Å²) in [5.41, 5.74) is 1.06. The largest absolute Gasteiger partial charge is 0.497 e. The van der Waals surface area contributed by atoms with E-state index in [1.807, 2.05) is 24.3 Å². The maximum absolute atomic E-state index is 11.8. The lowest BCUT2D eigenvalue weighted by Crippen LogP contribution is -2.34. The second kappa shape index (κ2) is 5.63. The van der Waals surface area contributed by atoms with Crippen LogP contribution < -0.4 is 4.74 Å². The molecule has 0 bridgehead atoms. The highest BCUT2D eigenvalue weighted by atomic mass is 32.2. The van der Waals surface area contributed by atoms with E-state index in [-0.39, 0.29) is 11.3 Å². The Kier molecular flexibility index (Phi) is 4.14. The maximum atomic E-state index is 11.8. The number of carbonyl (C=O) groups excluding carboxylic acids is 1. The fourth-order valence-corrected chi connectivity index (χ4v) is 3.18. The van der Waals surface area contributed by atoms with Crippen LogP contribution in [0.5, 0.6) is 5.75 Å². The van der Waals surface area contributed by atoms with Crippen LogP contribution in [-0.2, 0) is 4.79 Å². The zero-order valence-corrected chi connectivity index (χ0v) is 11.3. The molecule has 2 atom stereocenters. The van der Waals surface area contributed by atoms with Crippen molar-refractivity contribution in [2.45, 2.75) is 18.4 Å². The molecule has 98 valence electrons. The number of β-amino-alcohol motifs (C(OH)–C–C–N with tert-alkyl or cyclic N) is 1. The number of aliphatic hydroxyl groups excluding tert-OH is 1. The number of benzene rings is 1. The molecular weight excluding hydrogens is 250 g/mol. The molecule has 1 aliphatic rings. The van der Waals surface area contributed by atoms with Crippen LogP contribution in [0.1, 0.15) is 17.9 Å². The van der Waals surface area contributed by atoms with Crippen LogP contribution in [0.4, 0.5) is 0 Å². The van der Waals surface area contributed by atoms with E-state index >= 15 is 0 Å². The summed E-state index contributed by atoms with van der Waals surface area (Å²) in [7, 11) is 1.63. The van der Waals surface area contributed by atoms with Crippen molar-refractivity contribution in [2.24, 2.45) is 0 Å². The van der Waals surface area contributed by atoms with Crippen LogP contribution in [0, 0.1) is 0 Å². The van der Waals surface area contributed by atoms with Gasteiger partial charge in [0.15, 0.2) is 0 Å². The summed E-state index contributed by atoms with van der Waals surface area (Å²) in [6, 6.07) is 7.70. The lowest BCUT2D eigenvalue weighted by atomic mass is 10.2. The molecular formula is C13H17NO3S. The number of rotatable bonds is 4. The molecule has 0 radical (unpaired) electrons. The number of hydrogen-bond acceptors (Lipinski definition) is 4. The first-order chi connectivity index (χ1) is 8.61. The molecule has 5 heteroatoms. The second-order valence-electron chi connectivity index (χ2n) is 4.33. The minimum atomic E-state index is -0.506. The van der Waals surface area contributed by atoms with E-state index in [2.05, 4.69) is 0 Å². The molecule has 1 aromatic carbocycles. The first-order valence-corrected chi connectivity index (χ1v) is 6.90. The smallest absolute Gasteiger partial charge is 0.233 e. The van der Waals surface area contributed by atoms with Gasteiger partial charge in [0.1, 0.15) is 11.1 Å². The summed E-state index contributed by atoms with van der Waals surface area (Å²) in [5, 5.41) is 9.45. The highest BCUT2D eigenvalue weighted by molar-refractivity contribution is 8.00. The number of amides is 1. The third-order valence-electron chi connectivity index (χ3n) is 2.83. The topological polar surface area (TPSA) is 49.8 Å².